The lowest BCUT2D eigenvalue weighted by Crippen LogP contribution is -2.45. The minimum Gasteiger partial charge on any atom is -0.444 e. The van der Waals surface area contributed by atoms with Gasteiger partial charge in [0.1, 0.15) is 5.60 Å². The highest BCUT2D eigenvalue weighted by Crippen LogP contribution is 2.52. The summed E-state index contributed by atoms with van der Waals surface area (Å²) in [6.45, 7) is 9.19. The molecule has 1 aliphatic heterocycles. The van der Waals surface area contributed by atoms with Crippen molar-refractivity contribution in [1.29, 1.82) is 0 Å². The first-order valence-electron chi connectivity index (χ1n) is 9.53. The number of likely N-dealkylation sites (tertiary alicyclic amines) is 1. The third-order valence-corrected chi connectivity index (χ3v) is 5.29. The fraction of sp³-hybridized carbons (Fsp3) is 0.650. The predicted octanol–water partition coefficient (Wildman–Crippen LogP) is 3.56. The van der Waals surface area contributed by atoms with Crippen LogP contribution >= 0.6 is 0 Å². The molecule has 3 atom stereocenters. The molecule has 2 amide bonds. The highest BCUT2D eigenvalue weighted by atomic mass is 19.4. The van der Waals surface area contributed by atoms with E-state index in [0.717, 1.165) is 6.07 Å². The van der Waals surface area contributed by atoms with Crippen LogP contribution < -0.4 is 5.32 Å². The van der Waals surface area contributed by atoms with Gasteiger partial charge in [-0.1, -0.05) is 0 Å². The Morgan fingerprint density at radius 1 is 1.14 bits per heavy atom. The van der Waals surface area contributed by atoms with Gasteiger partial charge < -0.3 is 15.0 Å². The van der Waals surface area contributed by atoms with Crippen molar-refractivity contribution in [3.63, 3.8) is 0 Å². The van der Waals surface area contributed by atoms with Crippen LogP contribution in [0, 0.1) is 17.8 Å². The maximum Gasteiger partial charge on any atom is 0.418 e. The zero-order chi connectivity index (χ0) is 21.8. The normalized spacial score (nSPS) is 24.1. The number of fused-ring (bicyclic) bond motifs is 1. The van der Waals surface area contributed by atoms with Gasteiger partial charge in [0.2, 0.25) is 5.91 Å². The molecule has 0 radical (unpaired) electrons. The number of carbonyl (C=O) groups is 2. The summed E-state index contributed by atoms with van der Waals surface area (Å²) in [5.74, 6) is -0.619. The van der Waals surface area contributed by atoms with Crippen LogP contribution in [0.4, 0.5) is 18.0 Å². The molecule has 1 aliphatic carbocycles. The minimum absolute atomic E-state index is 0.00383. The van der Waals surface area contributed by atoms with Crippen LogP contribution in [0.1, 0.15) is 45.9 Å². The van der Waals surface area contributed by atoms with E-state index in [1.165, 1.54) is 26.1 Å². The largest absolute Gasteiger partial charge is 0.444 e. The van der Waals surface area contributed by atoms with Crippen molar-refractivity contribution in [3.05, 3.63) is 29.6 Å². The van der Waals surface area contributed by atoms with Crippen molar-refractivity contribution in [2.45, 2.75) is 51.9 Å². The number of hydrogen-bond donors (Lipinski definition) is 1. The second kappa shape index (κ2) is 6.88. The lowest BCUT2D eigenvalue weighted by Gasteiger charge is -2.29. The average Bonchev–Trinajstić information content (AvgIpc) is 3.07. The van der Waals surface area contributed by atoms with E-state index in [2.05, 4.69) is 10.3 Å². The molecule has 3 rings (SSSR count). The lowest BCUT2D eigenvalue weighted by molar-refractivity contribution is -0.139. The SMILES string of the molecule is CC(C)(C)OC(=O)N1C[C@@H]2C(C(=O)NC(C)(C)c3ncccc3C(F)(F)F)[C@@H]2C1. The molecular weight excluding hydrogens is 387 g/mol. The van der Waals surface area contributed by atoms with E-state index in [1.807, 2.05) is 0 Å². The molecular formula is C20H26F3N3O3. The number of ether oxygens (including phenoxy) is 1. The first kappa shape index (κ1) is 21.4. The average molecular weight is 413 g/mol. The van der Waals surface area contributed by atoms with Gasteiger partial charge in [0.15, 0.2) is 0 Å². The molecule has 160 valence electrons. The van der Waals surface area contributed by atoms with E-state index in [-0.39, 0.29) is 29.4 Å². The summed E-state index contributed by atoms with van der Waals surface area (Å²) in [5, 5.41) is 2.72. The zero-order valence-corrected chi connectivity index (χ0v) is 17.1. The Labute approximate surface area is 167 Å². The molecule has 9 heteroatoms. The van der Waals surface area contributed by atoms with Crippen LogP contribution in [0.5, 0.6) is 0 Å². The second-order valence-electron chi connectivity index (χ2n) is 9.25. The van der Waals surface area contributed by atoms with E-state index in [9.17, 15) is 22.8 Å². The monoisotopic (exact) mass is 413 g/mol. The van der Waals surface area contributed by atoms with Crippen molar-refractivity contribution < 1.29 is 27.5 Å². The van der Waals surface area contributed by atoms with Gasteiger partial charge in [0.05, 0.1) is 16.8 Å². The quantitative estimate of drug-likeness (QED) is 0.823. The Morgan fingerprint density at radius 2 is 1.72 bits per heavy atom. The van der Waals surface area contributed by atoms with E-state index < -0.39 is 29.0 Å². The van der Waals surface area contributed by atoms with E-state index >= 15 is 0 Å². The van der Waals surface area contributed by atoms with Gasteiger partial charge in [-0.05, 0) is 58.6 Å². The lowest BCUT2D eigenvalue weighted by atomic mass is 9.94. The fourth-order valence-corrected chi connectivity index (χ4v) is 3.97. The van der Waals surface area contributed by atoms with Crippen LogP contribution in [0.2, 0.25) is 0 Å². The number of piperidine rings is 1. The summed E-state index contributed by atoms with van der Waals surface area (Å²) in [6.07, 6.45) is -3.69. The zero-order valence-electron chi connectivity index (χ0n) is 17.1. The summed E-state index contributed by atoms with van der Waals surface area (Å²) < 4.78 is 45.3. The number of pyridine rings is 1. The number of rotatable bonds is 3. The Hall–Kier alpha value is -2.32. The Morgan fingerprint density at radius 3 is 2.24 bits per heavy atom. The molecule has 1 saturated carbocycles. The Bertz CT molecular complexity index is 805. The summed E-state index contributed by atoms with van der Waals surface area (Å²) in [7, 11) is 0. The van der Waals surface area contributed by atoms with Crippen molar-refractivity contribution in [3.8, 4) is 0 Å². The number of nitrogens with one attached hydrogen (secondary N) is 1. The molecule has 0 bridgehead atoms. The molecule has 1 aromatic heterocycles. The van der Waals surface area contributed by atoms with Crippen molar-refractivity contribution >= 4 is 12.0 Å². The molecule has 0 aromatic carbocycles. The summed E-state index contributed by atoms with van der Waals surface area (Å²) >= 11 is 0. The maximum absolute atomic E-state index is 13.3. The first-order valence-corrected chi connectivity index (χ1v) is 9.53. The van der Waals surface area contributed by atoms with E-state index in [0.29, 0.717) is 13.1 Å². The van der Waals surface area contributed by atoms with Gasteiger partial charge in [-0.2, -0.15) is 13.2 Å². The van der Waals surface area contributed by atoms with Crippen LogP contribution in [0.3, 0.4) is 0 Å². The van der Waals surface area contributed by atoms with E-state index in [1.54, 1.807) is 25.7 Å². The Balaban J connectivity index is 1.63. The molecule has 29 heavy (non-hydrogen) atoms. The Kier molecular flexibility index (Phi) is 5.07. The van der Waals surface area contributed by atoms with Gasteiger partial charge in [-0.25, -0.2) is 4.79 Å². The number of alkyl halides is 3. The number of nitrogens with zero attached hydrogens (tertiary/aromatic N) is 2. The predicted molar refractivity (Wildman–Crippen MR) is 98.7 cm³/mol. The van der Waals surface area contributed by atoms with Gasteiger partial charge in [-0.3, -0.25) is 9.78 Å². The van der Waals surface area contributed by atoms with Gasteiger partial charge in [0.25, 0.3) is 0 Å². The molecule has 2 aliphatic rings. The molecule has 0 spiro atoms. The summed E-state index contributed by atoms with van der Waals surface area (Å²) in [5.41, 5.74) is -2.96. The second-order valence-corrected chi connectivity index (χ2v) is 9.25. The molecule has 1 N–H and O–H groups in total. The molecule has 6 nitrogen and oxygen atoms in total. The highest BCUT2D eigenvalue weighted by molar-refractivity contribution is 5.84. The first-order chi connectivity index (χ1) is 13.2. The van der Waals surface area contributed by atoms with Crippen LogP contribution in [0.15, 0.2) is 18.3 Å². The molecule has 1 saturated heterocycles. The minimum atomic E-state index is -4.56. The third kappa shape index (κ3) is 4.48. The topological polar surface area (TPSA) is 71.5 Å². The van der Waals surface area contributed by atoms with Gasteiger partial charge in [0, 0.05) is 25.2 Å². The van der Waals surface area contributed by atoms with Gasteiger partial charge >= 0.3 is 12.3 Å². The number of carbonyl (C=O) groups excluding carboxylic acids is 2. The molecule has 1 unspecified atom stereocenters. The highest BCUT2D eigenvalue weighted by Gasteiger charge is 2.61. The number of amides is 2. The van der Waals surface area contributed by atoms with Crippen molar-refractivity contribution in [1.82, 2.24) is 15.2 Å². The smallest absolute Gasteiger partial charge is 0.418 e. The maximum atomic E-state index is 13.3. The fourth-order valence-electron chi connectivity index (χ4n) is 3.97. The van der Waals surface area contributed by atoms with Crippen molar-refractivity contribution in [2.24, 2.45) is 17.8 Å². The summed E-state index contributed by atoms with van der Waals surface area (Å²) in [6, 6.07) is 2.18. The van der Waals surface area contributed by atoms with Crippen LogP contribution in [-0.2, 0) is 21.2 Å². The summed E-state index contributed by atoms with van der Waals surface area (Å²) in [4.78, 5) is 30.3. The third-order valence-electron chi connectivity index (χ3n) is 5.29. The number of aromatic nitrogens is 1. The van der Waals surface area contributed by atoms with E-state index in [4.69, 9.17) is 4.74 Å². The standard InChI is InChI=1S/C20H26F3N3O3/c1-18(2,3)29-17(28)26-9-11-12(10-26)14(11)16(27)25-19(4,5)15-13(20(21,22)23)7-6-8-24-15/h6-8,11-12,14H,9-10H2,1-5H3,(H,25,27)/t11-,12+,14?. The number of halogens is 3. The van der Waals surface area contributed by atoms with Gasteiger partial charge in [-0.15, -0.1) is 0 Å². The number of hydrogen-bond acceptors (Lipinski definition) is 4. The molecule has 2 fully saturated rings. The molecule has 2 heterocycles. The van der Waals surface area contributed by atoms with Crippen molar-refractivity contribution in [2.75, 3.05) is 13.1 Å². The van der Waals surface area contributed by atoms with Crippen LogP contribution in [-0.4, -0.2) is 40.6 Å². The van der Waals surface area contributed by atoms with Crippen LogP contribution in [0.25, 0.3) is 0 Å². The molecule has 1 aromatic rings.